The Hall–Kier alpha value is -3.78. The Kier molecular flexibility index (Phi) is 6.13. The summed E-state index contributed by atoms with van der Waals surface area (Å²) in [5.74, 6) is 0.682. The van der Waals surface area contributed by atoms with Crippen LogP contribution in [0.2, 0.25) is 0 Å². The summed E-state index contributed by atoms with van der Waals surface area (Å²) < 4.78 is 7.16. The third kappa shape index (κ3) is 4.45. The Balaban J connectivity index is 1.67. The van der Waals surface area contributed by atoms with E-state index in [1.165, 1.54) is 30.0 Å². The van der Waals surface area contributed by atoms with Crippen molar-refractivity contribution in [2.24, 2.45) is 0 Å². The molecule has 32 heavy (non-hydrogen) atoms. The topological polar surface area (TPSA) is 97.5 Å². The minimum atomic E-state index is -0.330. The van der Waals surface area contributed by atoms with Crippen LogP contribution >= 0.6 is 11.8 Å². The maximum Gasteiger partial charge on any atom is 0.196 e. The van der Waals surface area contributed by atoms with Crippen molar-refractivity contribution in [2.75, 3.05) is 12.9 Å². The van der Waals surface area contributed by atoms with Crippen molar-refractivity contribution in [3.8, 4) is 34.3 Å². The van der Waals surface area contributed by atoms with E-state index in [0.717, 1.165) is 22.6 Å². The number of nitrogens with zero attached hydrogens (tertiary/aromatic N) is 3. The summed E-state index contributed by atoms with van der Waals surface area (Å²) in [5.41, 5.74) is 3.19. The van der Waals surface area contributed by atoms with E-state index < -0.39 is 0 Å². The molecule has 0 aliphatic rings. The van der Waals surface area contributed by atoms with Crippen LogP contribution in [0, 0.1) is 6.92 Å². The number of Topliss-reactive ketones (excluding diaryl/α,β-unsaturated/α-hetero) is 1. The number of ketones is 1. The first-order chi connectivity index (χ1) is 15.5. The first kappa shape index (κ1) is 21.5. The number of aromatic hydroxyl groups is 2. The minimum Gasteiger partial charge on any atom is -0.504 e. The van der Waals surface area contributed by atoms with E-state index in [1.807, 2.05) is 60.0 Å². The van der Waals surface area contributed by atoms with Gasteiger partial charge in [-0.05, 0) is 49.4 Å². The van der Waals surface area contributed by atoms with Gasteiger partial charge in [0.05, 0.1) is 12.9 Å². The molecule has 0 aliphatic carbocycles. The predicted octanol–water partition coefficient (Wildman–Crippen LogP) is 4.64. The zero-order chi connectivity index (χ0) is 22.7. The van der Waals surface area contributed by atoms with Crippen LogP contribution in [-0.4, -0.2) is 43.6 Å². The van der Waals surface area contributed by atoms with Crippen LogP contribution in [0.3, 0.4) is 0 Å². The van der Waals surface area contributed by atoms with Gasteiger partial charge in [-0.3, -0.25) is 9.36 Å². The molecular weight excluding hydrogens is 426 g/mol. The van der Waals surface area contributed by atoms with Gasteiger partial charge in [-0.2, -0.15) is 0 Å². The standard InChI is InChI=1S/C24H21N3O4S/c1-15-3-5-16(6-4-15)23-25-26-24(27(23)18-8-10-19(31-2)11-9-18)32-14-22(30)17-7-12-20(28)21(29)13-17/h3-13,28-29H,14H2,1-2H3. The highest BCUT2D eigenvalue weighted by Crippen LogP contribution is 2.30. The van der Waals surface area contributed by atoms with E-state index in [9.17, 15) is 15.0 Å². The number of benzene rings is 3. The third-order valence-corrected chi connectivity index (χ3v) is 5.83. The number of phenols is 2. The zero-order valence-electron chi connectivity index (χ0n) is 17.5. The zero-order valence-corrected chi connectivity index (χ0v) is 18.3. The summed E-state index contributed by atoms with van der Waals surface area (Å²) in [6.07, 6.45) is 0. The monoisotopic (exact) mass is 447 g/mol. The molecule has 0 unspecified atom stereocenters. The smallest absolute Gasteiger partial charge is 0.196 e. The molecule has 4 rings (SSSR count). The van der Waals surface area contributed by atoms with Crippen molar-refractivity contribution >= 4 is 17.5 Å². The Morgan fingerprint density at radius 2 is 1.69 bits per heavy atom. The number of carbonyl (C=O) groups excluding carboxylic acids is 1. The number of rotatable bonds is 7. The van der Waals surface area contributed by atoms with E-state index in [4.69, 9.17) is 4.74 Å². The van der Waals surface area contributed by atoms with Crippen molar-refractivity contribution in [1.29, 1.82) is 0 Å². The second-order valence-electron chi connectivity index (χ2n) is 7.12. The van der Waals surface area contributed by atoms with Crippen molar-refractivity contribution in [3.63, 3.8) is 0 Å². The predicted molar refractivity (Wildman–Crippen MR) is 123 cm³/mol. The van der Waals surface area contributed by atoms with Gasteiger partial charge in [0, 0.05) is 16.8 Å². The number of hydrogen-bond acceptors (Lipinski definition) is 7. The van der Waals surface area contributed by atoms with Crippen LogP contribution in [0.25, 0.3) is 17.1 Å². The van der Waals surface area contributed by atoms with Gasteiger partial charge in [0.25, 0.3) is 0 Å². The fraction of sp³-hybridized carbons (Fsp3) is 0.125. The van der Waals surface area contributed by atoms with Crippen LogP contribution in [-0.2, 0) is 0 Å². The number of aryl methyl sites for hydroxylation is 1. The molecule has 0 saturated heterocycles. The summed E-state index contributed by atoms with van der Waals surface area (Å²) in [7, 11) is 1.61. The van der Waals surface area contributed by atoms with Gasteiger partial charge in [0.15, 0.2) is 28.3 Å². The van der Waals surface area contributed by atoms with Gasteiger partial charge < -0.3 is 14.9 Å². The van der Waals surface area contributed by atoms with E-state index >= 15 is 0 Å². The van der Waals surface area contributed by atoms with Crippen LogP contribution in [0.15, 0.2) is 71.9 Å². The van der Waals surface area contributed by atoms with Crippen LogP contribution in [0.1, 0.15) is 15.9 Å². The maximum atomic E-state index is 12.6. The number of hydrogen-bond donors (Lipinski definition) is 2. The van der Waals surface area contributed by atoms with Gasteiger partial charge in [-0.1, -0.05) is 41.6 Å². The molecule has 0 atom stereocenters. The molecule has 4 aromatic rings. The Labute approximate surface area is 189 Å². The van der Waals surface area contributed by atoms with Gasteiger partial charge in [-0.15, -0.1) is 10.2 Å². The lowest BCUT2D eigenvalue weighted by Gasteiger charge is -2.11. The second-order valence-corrected chi connectivity index (χ2v) is 8.06. The number of ether oxygens (including phenoxy) is 1. The van der Waals surface area contributed by atoms with Gasteiger partial charge in [-0.25, -0.2) is 0 Å². The SMILES string of the molecule is COc1ccc(-n2c(SCC(=O)c3ccc(O)c(O)c3)nnc2-c2ccc(C)cc2)cc1. The molecule has 1 aromatic heterocycles. The maximum absolute atomic E-state index is 12.6. The fourth-order valence-electron chi connectivity index (χ4n) is 3.13. The molecular formula is C24H21N3O4S. The average Bonchev–Trinajstić information content (AvgIpc) is 3.23. The lowest BCUT2D eigenvalue weighted by atomic mass is 10.1. The molecule has 7 nitrogen and oxygen atoms in total. The fourth-order valence-corrected chi connectivity index (χ4v) is 3.97. The molecule has 0 amide bonds. The van der Waals surface area contributed by atoms with Gasteiger partial charge in [0.1, 0.15) is 5.75 Å². The Morgan fingerprint density at radius 3 is 2.34 bits per heavy atom. The van der Waals surface area contributed by atoms with Crippen LogP contribution < -0.4 is 4.74 Å². The van der Waals surface area contributed by atoms with E-state index in [1.54, 1.807) is 7.11 Å². The number of aromatic nitrogens is 3. The summed E-state index contributed by atoms with van der Waals surface area (Å²) in [6, 6.07) is 19.5. The molecule has 0 aliphatic heterocycles. The van der Waals surface area contributed by atoms with E-state index in [-0.39, 0.29) is 23.0 Å². The molecule has 0 spiro atoms. The van der Waals surface area contributed by atoms with Crippen molar-refractivity contribution < 1.29 is 19.7 Å². The van der Waals surface area contributed by atoms with Crippen molar-refractivity contribution in [2.45, 2.75) is 12.1 Å². The number of phenolic OH excluding ortho intramolecular Hbond substituents is 2. The molecule has 0 fully saturated rings. The quantitative estimate of drug-likeness (QED) is 0.242. The van der Waals surface area contributed by atoms with Gasteiger partial charge >= 0.3 is 0 Å². The molecule has 3 aromatic carbocycles. The lowest BCUT2D eigenvalue weighted by Crippen LogP contribution is -2.05. The summed E-state index contributed by atoms with van der Waals surface area (Å²) in [6.45, 7) is 2.02. The van der Waals surface area contributed by atoms with Crippen LogP contribution in [0.5, 0.6) is 17.2 Å². The normalized spacial score (nSPS) is 10.8. The third-order valence-electron chi connectivity index (χ3n) is 4.90. The Bertz CT molecular complexity index is 1250. The molecule has 8 heteroatoms. The second kappa shape index (κ2) is 9.15. The van der Waals surface area contributed by atoms with E-state index in [0.29, 0.717) is 16.5 Å². The first-order valence-electron chi connectivity index (χ1n) is 9.81. The lowest BCUT2D eigenvalue weighted by molar-refractivity contribution is 0.102. The largest absolute Gasteiger partial charge is 0.504 e. The number of thioether (sulfide) groups is 1. The number of carbonyl (C=O) groups is 1. The summed E-state index contributed by atoms with van der Waals surface area (Å²) in [4.78, 5) is 12.6. The molecule has 0 saturated carbocycles. The minimum absolute atomic E-state index is 0.0897. The highest BCUT2D eigenvalue weighted by atomic mass is 32.2. The van der Waals surface area contributed by atoms with Crippen LogP contribution in [0.4, 0.5) is 0 Å². The highest BCUT2D eigenvalue weighted by molar-refractivity contribution is 7.99. The molecule has 0 radical (unpaired) electrons. The highest BCUT2D eigenvalue weighted by Gasteiger charge is 2.18. The molecule has 162 valence electrons. The molecule has 2 N–H and O–H groups in total. The van der Waals surface area contributed by atoms with Crippen molar-refractivity contribution in [3.05, 3.63) is 77.9 Å². The van der Waals surface area contributed by atoms with E-state index in [2.05, 4.69) is 10.2 Å². The average molecular weight is 448 g/mol. The molecule has 1 heterocycles. The first-order valence-corrected chi connectivity index (χ1v) is 10.8. The Morgan fingerprint density at radius 1 is 0.969 bits per heavy atom. The molecule has 0 bridgehead atoms. The van der Waals surface area contributed by atoms with Crippen molar-refractivity contribution in [1.82, 2.24) is 14.8 Å². The summed E-state index contributed by atoms with van der Waals surface area (Å²) >= 11 is 1.25. The number of methoxy groups -OCH3 is 1. The van der Waals surface area contributed by atoms with Gasteiger partial charge in [0.2, 0.25) is 0 Å². The summed E-state index contributed by atoms with van der Waals surface area (Å²) in [5, 5.41) is 28.4.